The highest BCUT2D eigenvalue weighted by Crippen LogP contribution is 2.13. The molecule has 1 aromatic carbocycles. The van der Waals surface area contributed by atoms with Crippen LogP contribution in [0.3, 0.4) is 0 Å². The van der Waals surface area contributed by atoms with Crippen LogP contribution in [0.2, 0.25) is 0 Å². The van der Waals surface area contributed by atoms with Gasteiger partial charge in [-0.15, -0.1) is 5.10 Å². The summed E-state index contributed by atoms with van der Waals surface area (Å²) in [5.41, 5.74) is 0.472. The van der Waals surface area contributed by atoms with Crippen molar-refractivity contribution in [3.05, 3.63) is 58.4 Å². The fraction of sp³-hybridized carbons (Fsp3) is 0.231. The largest absolute Gasteiger partial charge is 0.480 e. The Bertz CT molecular complexity index is 566. The summed E-state index contributed by atoms with van der Waals surface area (Å²) in [6.45, 7) is 0.0973. The minimum absolute atomic E-state index is 0.0973. The molecule has 1 atom stereocenters. The Morgan fingerprint density at radius 2 is 2.00 bits per heavy atom. The van der Waals surface area contributed by atoms with Crippen molar-refractivity contribution < 1.29 is 9.84 Å². The highest BCUT2D eigenvalue weighted by molar-refractivity contribution is 5.17. The summed E-state index contributed by atoms with van der Waals surface area (Å²) in [7, 11) is 1.48. The Morgan fingerprint density at radius 3 is 2.67 bits per heavy atom. The molecule has 0 amide bonds. The Hall–Kier alpha value is -2.14. The first-order chi connectivity index (χ1) is 8.70. The molecule has 0 saturated carbocycles. The van der Waals surface area contributed by atoms with Gasteiger partial charge in [0.2, 0.25) is 5.88 Å². The van der Waals surface area contributed by atoms with Gasteiger partial charge in [-0.1, -0.05) is 30.3 Å². The smallest absolute Gasteiger partial charge is 0.267 e. The van der Waals surface area contributed by atoms with Crippen LogP contribution in [0.25, 0.3) is 0 Å². The topological polar surface area (TPSA) is 64.3 Å². The van der Waals surface area contributed by atoms with E-state index in [0.29, 0.717) is 5.88 Å². The molecule has 2 aromatic rings. The Balaban J connectivity index is 2.21. The maximum atomic E-state index is 11.6. The summed E-state index contributed by atoms with van der Waals surface area (Å²) in [5.74, 6) is 0.342. The number of benzene rings is 1. The molecule has 0 saturated heterocycles. The maximum absolute atomic E-state index is 11.6. The van der Waals surface area contributed by atoms with Crippen LogP contribution in [-0.2, 0) is 6.54 Å². The second kappa shape index (κ2) is 5.46. The Kier molecular flexibility index (Phi) is 3.74. The quantitative estimate of drug-likeness (QED) is 0.873. The van der Waals surface area contributed by atoms with Crippen molar-refractivity contribution in [1.82, 2.24) is 9.78 Å². The Morgan fingerprint density at radius 1 is 1.28 bits per heavy atom. The second-order valence-corrected chi connectivity index (χ2v) is 3.82. The fourth-order valence-corrected chi connectivity index (χ4v) is 1.61. The molecule has 2 rings (SSSR count). The van der Waals surface area contributed by atoms with Gasteiger partial charge in [-0.05, 0) is 5.56 Å². The van der Waals surface area contributed by atoms with Crippen molar-refractivity contribution in [1.29, 1.82) is 0 Å². The van der Waals surface area contributed by atoms with Gasteiger partial charge < -0.3 is 9.84 Å². The molecule has 0 aliphatic heterocycles. The predicted molar refractivity (Wildman–Crippen MR) is 66.5 cm³/mol. The predicted octanol–water partition coefficient (Wildman–Crippen LogP) is 0.985. The minimum Gasteiger partial charge on any atom is -0.480 e. The van der Waals surface area contributed by atoms with E-state index < -0.39 is 6.10 Å². The lowest BCUT2D eigenvalue weighted by atomic mass is 10.1. The Labute approximate surface area is 104 Å². The zero-order chi connectivity index (χ0) is 13.0. The highest BCUT2D eigenvalue weighted by atomic mass is 16.5. The normalized spacial score (nSPS) is 12.1. The number of nitrogens with zero attached hydrogens (tertiary/aromatic N) is 2. The van der Waals surface area contributed by atoms with Gasteiger partial charge in [-0.25, -0.2) is 4.68 Å². The molecule has 1 heterocycles. The van der Waals surface area contributed by atoms with E-state index in [1.54, 1.807) is 12.1 Å². The van der Waals surface area contributed by atoms with E-state index >= 15 is 0 Å². The first-order valence-electron chi connectivity index (χ1n) is 5.56. The lowest BCUT2D eigenvalue weighted by Gasteiger charge is -2.12. The lowest BCUT2D eigenvalue weighted by Crippen LogP contribution is -2.25. The third kappa shape index (κ3) is 2.75. The number of hydrogen-bond donors (Lipinski definition) is 1. The van der Waals surface area contributed by atoms with Crippen LogP contribution in [0.5, 0.6) is 5.88 Å². The first kappa shape index (κ1) is 12.3. The summed E-state index contributed by atoms with van der Waals surface area (Å²) in [5, 5.41) is 14.0. The van der Waals surface area contributed by atoms with Gasteiger partial charge in [-0.3, -0.25) is 4.79 Å². The standard InChI is InChI=1S/C13H14N2O3/c1-18-12-7-8-13(17)15(14-12)9-11(16)10-5-3-2-4-6-10/h2-8,11,16H,9H2,1H3. The summed E-state index contributed by atoms with van der Waals surface area (Å²) in [4.78, 5) is 11.6. The summed E-state index contributed by atoms with van der Waals surface area (Å²) < 4.78 is 6.14. The zero-order valence-corrected chi connectivity index (χ0v) is 9.98. The van der Waals surface area contributed by atoms with Crippen molar-refractivity contribution >= 4 is 0 Å². The van der Waals surface area contributed by atoms with Crippen LogP contribution in [0, 0.1) is 0 Å². The molecule has 0 fully saturated rings. The van der Waals surface area contributed by atoms with Crippen molar-refractivity contribution in [2.45, 2.75) is 12.6 Å². The van der Waals surface area contributed by atoms with Crippen LogP contribution in [-0.4, -0.2) is 22.0 Å². The third-order valence-electron chi connectivity index (χ3n) is 2.58. The van der Waals surface area contributed by atoms with Crippen molar-refractivity contribution in [3.63, 3.8) is 0 Å². The van der Waals surface area contributed by atoms with Crippen LogP contribution in [0.15, 0.2) is 47.3 Å². The SMILES string of the molecule is COc1ccc(=O)n(CC(O)c2ccccc2)n1. The fourth-order valence-electron chi connectivity index (χ4n) is 1.61. The van der Waals surface area contributed by atoms with E-state index in [1.165, 1.54) is 23.9 Å². The number of ether oxygens (including phenoxy) is 1. The van der Waals surface area contributed by atoms with E-state index in [-0.39, 0.29) is 12.1 Å². The molecule has 5 heteroatoms. The van der Waals surface area contributed by atoms with Crippen LogP contribution in [0.1, 0.15) is 11.7 Å². The van der Waals surface area contributed by atoms with Gasteiger partial charge in [0.25, 0.3) is 5.56 Å². The summed E-state index contributed by atoms with van der Waals surface area (Å²) >= 11 is 0. The molecule has 1 aromatic heterocycles. The number of aromatic nitrogens is 2. The molecule has 0 bridgehead atoms. The van der Waals surface area contributed by atoms with Crippen molar-refractivity contribution in [2.24, 2.45) is 0 Å². The lowest BCUT2D eigenvalue weighted by molar-refractivity contribution is 0.148. The summed E-state index contributed by atoms with van der Waals surface area (Å²) in [6.07, 6.45) is -0.775. The highest BCUT2D eigenvalue weighted by Gasteiger charge is 2.10. The zero-order valence-electron chi connectivity index (χ0n) is 9.98. The molecule has 18 heavy (non-hydrogen) atoms. The average molecular weight is 246 g/mol. The van der Waals surface area contributed by atoms with Gasteiger partial charge in [0, 0.05) is 12.1 Å². The van der Waals surface area contributed by atoms with E-state index in [9.17, 15) is 9.90 Å². The minimum atomic E-state index is -0.775. The van der Waals surface area contributed by atoms with Gasteiger partial charge in [0.05, 0.1) is 19.8 Å². The molecular weight excluding hydrogens is 232 g/mol. The van der Waals surface area contributed by atoms with Crippen LogP contribution < -0.4 is 10.3 Å². The number of methoxy groups -OCH3 is 1. The number of rotatable bonds is 4. The molecule has 0 aliphatic carbocycles. The van der Waals surface area contributed by atoms with Crippen LogP contribution >= 0.6 is 0 Å². The van der Waals surface area contributed by atoms with E-state index in [1.807, 2.05) is 18.2 Å². The molecule has 94 valence electrons. The third-order valence-corrected chi connectivity index (χ3v) is 2.58. The molecular formula is C13H14N2O3. The van der Waals surface area contributed by atoms with E-state index in [0.717, 1.165) is 5.56 Å². The van der Waals surface area contributed by atoms with Gasteiger partial charge in [0.15, 0.2) is 0 Å². The second-order valence-electron chi connectivity index (χ2n) is 3.82. The van der Waals surface area contributed by atoms with Crippen molar-refractivity contribution in [3.8, 4) is 5.88 Å². The molecule has 0 radical (unpaired) electrons. The molecule has 0 aliphatic rings. The molecule has 5 nitrogen and oxygen atoms in total. The van der Waals surface area contributed by atoms with Crippen LogP contribution in [0.4, 0.5) is 0 Å². The number of aliphatic hydroxyl groups excluding tert-OH is 1. The molecule has 1 N–H and O–H groups in total. The van der Waals surface area contributed by atoms with E-state index in [4.69, 9.17) is 4.74 Å². The summed E-state index contributed by atoms with van der Waals surface area (Å²) in [6, 6.07) is 12.0. The number of aliphatic hydroxyl groups is 1. The van der Waals surface area contributed by atoms with E-state index in [2.05, 4.69) is 5.10 Å². The average Bonchev–Trinajstić information content (AvgIpc) is 2.42. The first-order valence-corrected chi connectivity index (χ1v) is 5.56. The van der Waals surface area contributed by atoms with Gasteiger partial charge in [0.1, 0.15) is 0 Å². The monoisotopic (exact) mass is 246 g/mol. The van der Waals surface area contributed by atoms with Gasteiger partial charge >= 0.3 is 0 Å². The maximum Gasteiger partial charge on any atom is 0.267 e. The molecule has 0 spiro atoms. The molecule has 1 unspecified atom stereocenters. The number of hydrogen-bond acceptors (Lipinski definition) is 4. The van der Waals surface area contributed by atoms with Crippen molar-refractivity contribution in [2.75, 3.05) is 7.11 Å². The van der Waals surface area contributed by atoms with Gasteiger partial charge in [-0.2, -0.15) is 0 Å².